The third-order valence-corrected chi connectivity index (χ3v) is 3.21. The van der Waals surface area contributed by atoms with E-state index in [1.807, 2.05) is 0 Å². The van der Waals surface area contributed by atoms with E-state index in [-0.39, 0.29) is 0 Å². The molecular formula is C15H28N2. The van der Waals surface area contributed by atoms with E-state index in [1.54, 1.807) is 5.57 Å². The van der Waals surface area contributed by atoms with Gasteiger partial charge in [-0.15, -0.1) is 0 Å². The van der Waals surface area contributed by atoms with Gasteiger partial charge in [0.1, 0.15) is 0 Å². The average molecular weight is 236 g/mol. The lowest BCUT2D eigenvalue weighted by Gasteiger charge is -2.31. The van der Waals surface area contributed by atoms with Crippen molar-refractivity contribution in [3.8, 4) is 6.07 Å². The summed E-state index contributed by atoms with van der Waals surface area (Å²) in [6.07, 6.45) is 9.19. The summed E-state index contributed by atoms with van der Waals surface area (Å²) >= 11 is 0. The van der Waals surface area contributed by atoms with Crippen LogP contribution in [-0.2, 0) is 0 Å². The Morgan fingerprint density at radius 2 is 1.88 bits per heavy atom. The Morgan fingerprint density at radius 1 is 1.35 bits per heavy atom. The van der Waals surface area contributed by atoms with Crippen LogP contribution < -0.4 is 0 Å². The van der Waals surface area contributed by atoms with Crippen LogP contribution in [0.3, 0.4) is 0 Å². The second-order valence-corrected chi connectivity index (χ2v) is 4.77. The Balaban J connectivity index is 0.000000770. The van der Waals surface area contributed by atoms with Crippen LogP contribution >= 0.6 is 0 Å². The third-order valence-electron chi connectivity index (χ3n) is 3.21. The Labute approximate surface area is 107 Å². The molecule has 0 aromatic carbocycles. The van der Waals surface area contributed by atoms with Gasteiger partial charge in [0.05, 0.1) is 6.07 Å². The summed E-state index contributed by atoms with van der Waals surface area (Å²) in [5.74, 6) is 0. The first-order chi connectivity index (χ1) is 8.19. The molecule has 1 aliphatic rings. The minimum atomic E-state index is 0.656. The van der Waals surface area contributed by atoms with Crippen molar-refractivity contribution in [2.45, 2.75) is 65.3 Å². The second kappa shape index (κ2) is 10.4. The summed E-state index contributed by atoms with van der Waals surface area (Å²) in [7, 11) is 2.14. The average Bonchev–Trinajstić information content (AvgIpc) is 2.37. The van der Waals surface area contributed by atoms with Crippen LogP contribution in [0.5, 0.6) is 0 Å². The Hall–Kier alpha value is -0.810. The molecule has 0 saturated heterocycles. The van der Waals surface area contributed by atoms with Crippen LogP contribution in [-0.4, -0.2) is 24.5 Å². The molecule has 0 atom stereocenters. The molecule has 17 heavy (non-hydrogen) atoms. The van der Waals surface area contributed by atoms with Crippen molar-refractivity contribution in [3.05, 3.63) is 11.6 Å². The molecular weight excluding hydrogens is 208 g/mol. The molecule has 0 unspecified atom stereocenters. The maximum Gasteiger partial charge on any atom is 0.0635 e. The Bertz CT molecular complexity index is 240. The normalized spacial score (nSPS) is 19.3. The fraction of sp³-hybridized carbons (Fsp3) is 0.800. The van der Waals surface area contributed by atoms with Gasteiger partial charge in [0, 0.05) is 19.0 Å². The van der Waals surface area contributed by atoms with E-state index in [1.165, 1.54) is 32.1 Å². The van der Waals surface area contributed by atoms with Crippen LogP contribution in [0.4, 0.5) is 0 Å². The van der Waals surface area contributed by atoms with Crippen molar-refractivity contribution >= 4 is 0 Å². The van der Waals surface area contributed by atoms with E-state index in [4.69, 9.17) is 5.26 Å². The zero-order valence-corrected chi connectivity index (χ0v) is 12.0. The SMILES string of the molecule is CC=C1CCC(N(C)CCC#N)CC1.CCC. The van der Waals surface area contributed by atoms with E-state index < -0.39 is 0 Å². The fourth-order valence-corrected chi connectivity index (χ4v) is 2.11. The van der Waals surface area contributed by atoms with Crippen LogP contribution in [0.25, 0.3) is 0 Å². The summed E-state index contributed by atoms with van der Waals surface area (Å²) < 4.78 is 0. The molecule has 0 N–H and O–H groups in total. The first kappa shape index (κ1) is 16.2. The minimum absolute atomic E-state index is 0.656. The topological polar surface area (TPSA) is 27.0 Å². The zero-order chi connectivity index (χ0) is 13.1. The van der Waals surface area contributed by atoms with Crippen LogP contribution in [0.15, 0.2) is 11.6 Å². The van der Waals surface area contributed by atoms with Crippen molar-refractivity contribution in [1.29, 1.82) is 5.26 Å². The number of allylic oxidation sites excluding steroid dienone is 2. The first-order valence-electron chi connectivity index (χ1n) is 6.90. The van der Waals surface area contributed by atoms with Gasteiger partial charge in [0.2, 0.25) is 0 Å². The van der Waals surface area contributed by atoms with Crippen molar-refractivity contribution < 1.29 is 0 Å². The largest absolute Gasteiger partial charge is 0.302 e. The predicted molar refractivity (Wildman–Crippen MR) is 74.8 cm³/mol. The molecule has 2 heteroatoms. The van der Waals surface area contributed by atoms with Crippen LogP contribution in [0.1, 0.15) is 59.3 Å². The number of hydrogen-bond donors (Lipinski definition) is 0. The molecule has 0 aliphatic heterocycles. The minimum Gasteiger partial charge on any atom is -0.302 e. The lowest BCUT2D eigenvalue weighted by Crippen LogP contribution is -2.34. The summed E-state index contributed by atoms with van der Waals surface area (Å²) in [4.78, 5) is 2.34. The molecule has 1 aliphatic carbocycles. The van der Waals surface area contributed by atoms with Gasteiger partial charge in [-0.1, -0.05) is 31.9 Å². The van der Waals surface area contributed by atoms with Gasteiger partial charge in [-0.3, -0.25) is 0 Å². The van der Waals surface area contributed by atoms with Gasteiger partial charge in [-0.05, 0) is 39.7 Å². The Morgan fingerprint density at radius 3 is 2.29 bits per heavy atom. The van der Waals surface area contributed by atoms with Crippen molar-refractivity contribution in [2.75, 3.05) is 13.6 Å². The quantitative estimate of drug-likeness (QED) is 0.689. The van der Waals surface area contributed by atoms with Gasteiger partial charge in [0.25, 0.3) is 0 Å². The second-order valence-electron chi connectivity index (χ2n) is 4.77. The molecule has 0 amide bonds. The molecule has 0 heterocycles. The van der Waals surface area contributed by atoms with E-state index in [9.17, 15) is 0 Å². The number of nitrogens with zero attached hydrogens (tertiary/aromatic N) is 2. The van der Waals surface area contributed by atoms with E-state index in [0.29, 0.717) is 12.5 Å². The summed E-state index contributed by atoms with van der Waals surface area (Å²) in [6.45, 7) is 7.31. The standard InChI is InChI=1S/C12H20N2.C3H8/c1-3-11-5-7-12(8-6-11)14(2)10-4-9-13;1-3-2/h3,12H,4-8,10H2,1-2H3;3H2,1-2H3. The molecule has 0 bridgehead atoms. The molecule has 1 saturated carbocycles. The van der Waals surface area contributed by atoms with Crippen molar-refractivity contribution in [3.63, 3.8) is 0 Å². The van der Waals surface area contributed by atoms with Gasteiger partial charge in [-0.2, -0.15) is 5.26 Å². The van der Waals surface area contributed by atoms with Gasteiger partial charge < -0.3 is 4.90 Å². The van der Waals surface area contributed by atoms with E-state index in [0.717, 1.165) is 6.54 Å². The van der Waals surface area contributed by atoms with Gasteiger partial charge in [-0.25, -0.2) is 0 Å². The number of hydrogen-bond acceptors (Lipinski definition) is 2. The molecule has 2 nitrogen and oxygen atoms in total. The maximum atomic E-state index is 8.51. The summed E-state index contributed by atoms with van der Waals surface area (Å²) in [5, 5.41) is 8.51. The molecule has 98 valence electrons. The molecule has 1 rings (SSSR count). The zero-order valence-electron chi connectivity index (χ0n) is 12.0. The molecule has 0 radical (unpaired) electrons. The van der Waals surface area contributed by atoms with Gasteiger partial charge in [0.15, 0.2) is 0 Å². The highest BCUT2D eigenvalue weighted by Gasteiger charge is 2.19. The Kier molecular flexibility index (Phi) is 9.86. The molecule has 0 spiro atoms. The van der Waals surface area contributed by atoms with Gasteiger partial charge >= 0.3 is 0 Å². The number of rotatable bonds is 3. The van der Waals surface area contributed by atoms with Crippen molar-refractivity contribution in [2.24, 2.45) is 0 Å². The van der Waals surface area contributed by atoms with Crippen LogP contribution in [0.2, 0.25) is 0 Å². The third kappa shape index (κ3) is 7.18. The van der Waals surface area contributed by atoms with Crippen molar-refractivity contribution in [1.82, 2.24) is 4.90 Å². The molecule has 0 aromatic rings. The lowest BCUT2D eigenvalue weighted by molar-refractivity contribution is 0.210. The highest BCUT2D eigenvalue weighted by molar-refractivity contribution is 5.04. The highest BCUT2D eigenvalue weighted by Crippen LogP contribution is 2.26. The highest BCUT2D eigenvalue weighted by atomic mass is 15.1. The summed E-state index contributed by atoms with van der Waals surface area (Å²) in [6, 6.07) is 2.91. The molecule has 1 fully saturated rings. The molecule has 0 aromatic heterocycles. The van der Waals surface area contributed by atoms with E-state index >= 15 is 0 Å². The first-order valence-corrected chi connectivity index (χ1v) is 6.90. The maximum absolute atomic E-state index is 8.51. The monoisotopic (exact) mass is 236 g/mol. The van der Waals surface area contributed by atoms with Crippen LogP contribution in [0, 0.1) is 11.3 Å². The predicted octanol–water partition coefficient (Wildman–Crippen LogP) is 4.14. The lowest BCUT2D eigenvalue weighted by atomic mass is 9.90. The smallest absolute Gasteiger partial charge is 0.0635 e. The fourth-order valence-electron chi connectivity index (χ4n) is 2.11. The van der Waals surface area contributed by atoms with E-state index in [2.05, 4.69) is 44.9 Å². The number of nitriles is 1. The summed E-state index contributed by atoms with van der Waals surface area (Å²) in [5.41, 5.74) is 1.61.